The molecule has 2 aliphatic carbocycles. The number of hydrogen-bond acceptors (Lipinski definition) is 10. The summed E-state index contributed by atoms with van der Waals surface area (Å²) in [6, 6.07) is 0.784. The molecule has 2 saturated heterocycles. The molecule has 8 rings (SSSR count). The molecule has 3 fully saturated rings. The van der Waals surface area contributed by atoms with Crippen molar-refractivity contribution < 1.29 is 14.4 Å². The monoisotopic (exact) mass is 591 g/mol. The van der Waals surface area contributed by atoms with Crippen LogP contribution in [0.4, 0.5) is 5.82 Å². The summed E-state index contributed by atoms with van der Waals surface area (Å²) in [4.78, 5) is 28.6. The molecule has 3 aromatic rings. The standard InChI is InChI=1S/C31H41N7O3S/c1-18(21-9-7-15-36(21)3)38-28-23-27(37-17-30(2,40)14-11-19(37)16-42-29(23)34-38)32-26(33-28)24-20-8-6-13-31(25(20)41-35-24)12-5-4-10-22(31)39/h18-19,21,40H,4-17H2,1-3H3/t18-,19+,21-,30+,31+/m0/s1. The lowest BCUT2D eigenvalue weighted by Crippen LogP contribution is -2.52. The van der Waals surface area contributed by atoms with Crippen LogP contribution in [0, 0.1) is 0 Å². The van der Waals surface area contributed by atoms with Crippen LogP contribution in [0.1, 0.15) is 95.4 Å². The van der Waals surface area contributed by atoms with E-state index in [-0.39, 0.29) is 12.1 Å². The first-order valence-electron chi connectivity index (χ1n) is 15.9. The minimum Gasteiger partial charge on any atom is -0.388 e. The van der Waals surface area contributed by atoms with Crippen molar-refractivity contribution in [2.75, 3.05) is 30.8 Å². The number of thioether (sulfide) groups is 1. The third-order valence-corrected chi connectivity index (χ3v) is 12.0. The number of fused-ring (bicyclic) bond motifs is 4. The largest absolute Gasteiger partial charge is 0.388 e. The molecule has 11 heteroatoms. The number of rotatable bonds is 3. The smallest absolute Gasteiger partial charge is 0.186 e. The van der Waals surface area contributed by atoms with Gasteiger partial charge in [0.15, 0.2) is 22.9 Å². The van der Waals surface area contributed by atoms with Gasteiger partial charge in [-0.2, -0.15) is 5.10 Å². The molecule has 0 aromatic carbocycles. The number of likely N-dealkylation sites (tertiary alicyclic amines) is 1. The van der Waals surface area contributed by atoms with E-state index < -0.39 is 11.0 Å². The summed E-state index contributed by atoms with van der Waals surface area (Å²) in [6.45, 7) is 5.80. The predicted octanol–water partition coefficient (Wildman–Crippen LogP) is 4.68. The van der Waals surface area contributed by atoms with Gasteiger partial charge in [-0.1, -0.05) is 11.6 Å². The van der Waals surface area contributed by atoms with E-state index >= 15 is 0 Å². The Morgan fingerprint density at radius 3 is 2.76 bits per heavy atom. The topological polar surface area (TPSA) is 113 Å². The van der Waals surface area contributed by atoms with E-state index in [4.69, 9.17) is 19.6 Å². The maximum absolute atomic E-state index is 13.3. The number of piperidine rings is 1. The summed E-state index contributed by atoms with van der Waals surface area (Å²) in [5.41, 5.74) is 1.16. The zero-order valence-corrected chi connectivity index (χ0v) is 25.8. The Kier molecular flexibility index (Phi) is 6.29. The average Bonchev–Trinajstić information content (AvgIpc) is 3.68. The number of Topliss-reactive ketones (excluding diaryl/α,β-unsaturated/α-hetero) is 1. The SMILES string of the molecule is C[C@@H]([C@@H]1CCCN1C)n1nc2c3c(nc(-c4noc5c4CCC[C@@]54CCCCC4=O)nc31)N1C[C@](C)(O)CC[C@@H]1CS2. The second-order valence-electron chi connectivity index (χ2n) is 13.8. The minimum atomic E-state index is -0.792. The van der Waals surface area contributed by atoms with Crippen LogP contribution in [-0.2, 0) is 16.6 Å². The second kappa shape index (κ2) is 9.75. The number of likely N-dealkylation sites (N-methyl/N-ethyl adjacent to an activating group) is 1. The molecule has 0 unspecified atom stereocenters. The minimum absolute atomic E-state index is 0.138. The van der Waals surface area contributed by atoms with Gasteiger partial charge in [0.2, 0.25) is 0 Å². The zero-order valence-electron chi connectivity index (χ0n) is 24.9. The lowest BCUT2D eigenvalue weighted by atomic mass is 9.64. The van der Waals surface area contributed by atoms with Gasteiger partial charge in [0, 0.05) is 36.4 Å². The lowest BCUT2D eigenvalue weighted by molar-refractivity contribution is -0.128. The number of anilines is 1. The normalized spacial score (nSPS) is 32.3. The van der Waals surface area contributed by atoms with Gasteiger partial charge in [0.25, 0.3) is 0 Å². The summed E-state index contributed by atoms with van der Waals surface area (Å²) in [7, 11) is 2.20. The van der Waals surface area contributed by atoms with E-state index in [1.54, 1.807) is 11.8 Å². The van der Waals surface area contributed by atoms with Gasteiger partial charge in [0.1, 0.15) is 16.6 Å². The molecule has 1 saturated carbocycles. The van der Waals surface area contributed by atoms with Crippen molar-refractivity contribution in [2.24, 2.45) is 0 Å². The summed E-state index contributed by atoms with van der Waals surface area (Å²) >= 11 is 1.79. The summed E-state index contributed by atoms with van der Waals surface area (Å²) in [5, 5.41) is 23.0. The Bertz CT molecular complexity index is 1570. The molecule has 3 aliphatic heterocycles. The number of ketones is 1. The number of nitrogens with zero attached hydrogens (tertiary/aromatic N) is 7. The molecule has 5 atom stereocenters. The molecule has 5 aliphatic rings. The van der Waals surface area contributed by atoms with E-state index in [9.17, 15) is 9.90 Å². The molecule has 6 heterocycles. The molecular formula is C31H41N7O3S. The van der Waals surface area contributed by atoms with E-state index in [1.807, 2.05) is 6.92 Å². The summed E-state index contributed by atoms with van der Waals surface area (Å²) < 4.78 is 8.23. The van der Waals surface area contributed by atoms with Crippen molar-refractivity contribution >= 4 is 34.4 Å². The van der Waals surface area contributed by atoms with Crippen molar-refractivity contribution in [3.8, 4) is 11.5 Å². The van der Waals surface area contributed by atoms with Crippen molar-refractivity contribution in [3.63, 3.8) is 0 Å². The molecule has 10 nitrogen and oxygen atoms in total. The number of aromatic nitrogens is 5. The number of hydrogen-bond donors (Lipinski definition) is 1. The van der Waals surface area contributed by atoms with E-state index in [0.717, 1.165) is 103 Å². The van der Waals surface area contributed by atoms with Crippen LogP contribution in [0.25, 0.3) is 22.6 Å². The number of carbonyl (C=O) groups excluding carboxylic acids is 1. The molecule has 3 aromatic heterocycles. The van der Waals surface area contributed by atoms with Crippen LogP contribution in [0.2, 0.25) is 0 Å². The Labute approximate surface area is 250 Å². The van der Waals surface area contributed by atoms with Crippen molar-refractivity contribution in [1.29, 1.82) is 0 Å². The quantitative estimate of drug-likeness (QED) is 0.461. The highest BCUT2D eigenvalue weighted by atomic mass is 32.2. The first kappa shape index (κ1) is 27.1. The van der Waals surface area contributed by atoms with E-state index in [1.165, 1.54) is 6.42 Å². The Balaban J connectivity index is 1.32. The molecule has 224 valence electrons. The molecule has 0 bridgehead atoms. The highest BCUT2D eigenvalue weighted by molar-refractivity contribution is 7.99. The first-order valence-corrected chi connectivity index (χ1v) is 16.9. The highest BCUT2D eigenvalue weighted by Crippen LogP contribution is 2.49. The number of aliphatic hydroxyl groups is 1. The molecule has 1 N–H and O–H groups in total. The third kappa shape index (κ3) is 4.02. The van der Waals surface area contributed by atoms with Gasteiger partial charge < -0.3 is 19.4 Å². The first-order chi connectivity index (χ1) is 20.3. The van der Waals surface area contributed by atoms with Gasteiger partial charge in [0.05, 0.1) is 22.4 Å². The van der Waals surface area contributed by atoms with Crippen LogP contribution in [0.15, 0.2) is 9.55 Å². The fourth-order valence-electron chi connectivity index (χ4n) is 8.57. The average molecular weight is 592 g/mol. The van der Waals surface area contributed by atoms with E-state index in [0.29, 0.717) is 36.3 Å². The van der Waals surface area contributed by atoms with Gasteiger partial charge in [-0.25, -0.2) is 14.6 Å². The van der Waals surface area contributed by atoms with Crippen molar-refractivity contribution in [1.82, 2.24) is 29.8 Å². The second-order valence-corrected chi connectivity index (χ2v) is 14.8. The summed E-state index contributed by atoms with van der Waals surface area (Å²) in [6.07, 6.45) is 10.0. The van der Waals surface area contributed by atoms with Crippen LogP contribution in [0.3, 0.4) is 0 Å². The van der Waals surface area contributed by atoms with Gasteiger partial charge >= 0.3 is 0 Å². The van der Waals surface area contributed by atoms with Crippen LogP contribution >= 0.6 is 11.8 Å². The predicted molar refractivity (Wildman–Crippen MR) is 161 cm³/mol. The van der Waals surface area contributed by atoms with Crippen molar-refractivity contribution in [2.45, 2.75) is 119 Å². The highest BCUT2D eigenvalue weighted by Gasteiger charge is 2.49. The molecular weight excluding hydrogens is 550 g/mol. The van der Waals surface area contributed by atoms with Crippen LogP contribution in [0.5, 0.6) is 0 Å². The van der Waals surface area contributed by atoms with E-state index in [2.05, 4.69) is 33.6 Å². The molecule has 0 amide bonds. The van der Waals surface area contributed by atoms with Crippen molar-refractivity contribution in [3.05, 3.63) is 11.3 Å². The molecule has 0 radical (unpaired) electrons. The zero-order chi connectivity index (χ0) is 28.8. The fourth-order valence-corrected chi connectivity index (χ4v) is 9.74. The maximum Gasteiger partial charge on any atom is 0.186 e. The van der Waals surface area contributed by atoms with Gasteiger partial charge in [-0.15, -0.1) is 11.8 Å². The van der Waals surface area contributed by atoms with Gasteiger partial charge in [-0.3, -0.25) is 4.79 Å². The summed E-state index contributed by atoms with van der Waals surface area (Å²) in [5.74, 6) is 3.34. The molecule has 1 spiro atoms. The fraction of sp³-hybridized carbons (Fsp3) is 0.710. The van der Waals surface area contributed by atoms with Crippen LogP contribution < -0.4 is 4.90 Å². The Morgan fingerprint density at radius 2 is 1.95 bits per heavy atom. The molecule has 42 heavy (non-hydrogen) atoms. The third-order valence-electron chi connectivity index (χ3n) is 10.9. The van der Waals surface area contributed by atoms with Crippen LogP contribution in [-0.4, -0.2) is 84.3 Å². The Morgan fingerprint density at radius 1 is 1.10 bits per heavy atom. The van der Waals surface area contributed by atoms with Gasteiger partial charge in [-0.05, 0) is 85.2 Å². The Hall–Kier alpha value is -2.50. The number of carbonyl (C=O) groups is 1. The lowest BCUT2D eigenvalue weighted by Gasteiger charge is -2.42. The maximum atomic E-state index is 13.3.